The smallest absolute Gasteiger partial charge is 0.251 e. The molecule has 7 nitrogen and oxygen atoms in total. The lowest BCUT2D eigenvalue weighted by Crippen LogP contribution is -2.33. The summed E-state index contributed by atoms with van der Waals surface area (Å²) >= 11 is 0. The number of aryl methyl sites for hydroxylation is 1. The maximum Gasteiger partial charge on any atom is 0.251 e. The van der Waals surface area contributed by atoms with Crippen LogP contribution in [0.1, 0.15) is 43.1 Å². The first kappa shape index (κ1) is 23.7. The number of ether oxygens (including phenoxy) is 2. The van der Waals surface area contributed by atoms with Gasteiger partial charge >= 0.3 is 0 Å². The first-order chi connectivity index (χ1) is 14.2. The van der Waals surface area contributed by atoms with Crippen molar-refractivity contribution in [2.75, 3.05) is 14.2 Å². The summed E-state index contributed by atoms with van der Waals surface area (Å²) in [6, 6.07) is 11.8. The van der Waals surface area contributed by atoms with Gasteiger partial charge in [-0.15, -0.1) is 0 Å². The van der Waals surface area contributed by atoms with Crippen molar-refractivity contribution in [1.82, 2.24) is 10.0 Å². The third-order valence-corrected chi connectivity index (χ3v) is 6.19. The van der Waals surface area contributed by atoms with E-state index in [0.717, 1.165) is 24.2 Å². The standard InChI is InChI=1S/C22H30N2O5S/c1-15(2)24-30(26,27)21-14-18(10-13-20(21)29-5)22(25)23-16(3)6-7-17-8-11-19(28-4)12-9-17/h8-16,24H,6-7H2,1-5H3,(H,23,25). The quantitative estimate of drug-likeness (QED) is 0.599. The minimum atomic E-state index is -3.80. The highest BCUT2D eigenvalue weighted by atomic mass is 32.2. The summed E-state index contributed by atoms with van der Waals surface area (Å²) in [6.45, 7) is 5.37. The molecule has 0 aromatic heterocycles. The summed E-state index contributed by atoms with van der Waals surface area (Å²) in [5.41, 5.74) is 1.41. The van der Waals surface area contributed by atoms with Gasteiger partial charge in [-0.25, -0.2) is 13.1 Å². The van der Waals surface area contributed by atoms with Crippen LogP contribution in [0, 0.1) is 0 Å². The Morgan fingerprint density at radius 3 is 2.23 bits per heavy atom. The van der Waals surface area contributed by atoms with Gasteiger partial charge in [0.2, 0.25) is 10.0 Å². The molecule has 0 saturated heterocycles. The lowest BCUT2D eigenvalue weighted by molar-refractivity contribution is 0.0938. The number of rotatable bonds is 10. The van der Waals surface area contributed by atoms with Crippen molar-refractivity contribution in [3.05, 3.63) is 53.6 Å². The van der Waals surface area contributed by atoms with Crippen molar-refractivity contribution in [2.24, 2.45) is 0 Å². The predicted octanol–water partition coefficient (Wildman–Crippen LogP) is 3.14. The highest BCUT2D eigenvalue weighted by Gasteiger charge is 2.22. The van der Waals surface area contributed by atoms with Crippen LogP contribution in [0.5, 0.6) is 11.5 Å². The minimum Gasteiger partial charge on any atom is -0.497 e. The SMILES string of the molecule is COc1ccc(CCC(C)NC(=O)c2ccc(OC)c(S(=O)(=O)NC(C)C)c2)cc1. The van der Waals surface area contributed by atoms with Crippen LogP contribution in [0.15, 0.2) is 47.4 Å². The number of hydrogen-bond donors (Lipinski definition) is 2. The number of hydrogen-bond acceptors (Lipinski definition) is 5. The molecule has 0 aliphatic carbocycles. The first-order valence-electron chi connectivity index (χ1n) is 9.80. The van der Waals surface area contributed by atoms with Crippen LogP contribution < -0.4 is 19.5 Å². The fraction of sp³-hybridized carbons (Fsp3) is 0.409. The molecule has 1 unspecified atom stereocenters. The van der Waals surface area contributed by atoms with Gasteiger partial charge in [-0.3, -0.25) is 4.79 Å². The molecule has 30 heavy (non-hydrogen) atoms. The number of carbonyl (C=O) groups is 1. The number of benzene rings is 2. The van der Waals surface area contributed by atoms with Crippen LogP contribution in [0.3, 0.4) is 0 Å². The third-order valence-electron chi connectivity index (χ3n) is 4.51. The Morgan fingerprint density at radius 1 is 1.00 bits per heavy atom. The second-order valence-corrected chi connectivity index (χ2v) is 9.09. The lowest BCUT2D eigenvalue weighted by Gasteiger charge is -2.16. The van der Waals surface area contributed by atoms with Crippen LogP contribution in [-0.2, 0) is 16.4 Å². The molecule has 2 aromatic rings. The van der Waals surface area contributed by atoms with Crippen LogP contribution in [0.4, 0.5) is 0 Å². The van der Waals surface area contributed by atoms with E-state index < -0.39 is 10.0 Å². The largest absolute Gasteiger partial charge is 0.497 e. The monoisotopic (exact) mass is 434 g/mol. The van der Waals surface area contributed by atoms with Gasteiger partial charge in [-0.1, -0.05) is 12.1 Å². The van der Waals surface area contributed by atoms with Crippen molar-refractivity contribution in [3.63, 3.8) is 0 Å². The van der Waals surface area contributed by atoms with E-state index in [0.29, 0.717) is 0 Å². The zero-order chi connectivity index (χ0) is 22.3. The molecule has 1 atom stereocenters. The highest BCUT2D eigenvalue weighted by molar-refractivity contribution is 7.89. The average molecular weight is 435 g/mol. The molecule has 0 spiro atoms. The van der Waals surface area contributed by atoms with Gasteiger partial charge < -0.3 is 14.8 Å². The number of amides is 1. The zero-order valence-corrected chi connectivity index (χ0v) is 18.9. The van der Waals surface area contributed by atoms with E-state index in [2.05, 4.69) is 10.0 Å². The van der Waals surface area contributed by atoms with E-state index in [9.17, 15) is 13.2 Å². The fourth-order valence-corrected chi connectivity index (χ4v) is 4.40. The van der Waals surface area contributed by atoms with E-state index in [4.69, 9.17) is 9.47 Å². The van der Waals surface area contributed by atoms with E-state index in [1.54, 1.807) is 27.0 Å². The molecule has 1 amide bonds. The molecule has 0 saturated carbocycles. The number of nitrogens with one attached hydrogen (secondary N) is 2. The molecular weight excluding hydrogens is 404 g/mol. The average Bonchev–Trinajstić information content (AvgIpc) is 2.71. The first-order valence-corrected chi connectivity index (χ1v) is 11.3. The van der Waals surface area contributed by atoms with Gasteiger partial charge in [-0.05, 0) is 69.5 Å². The summed E-state index contributed by atoms with van der Waals surface area (Å²) < 4.78 is 38.0. The molecule has 0 bridgehead atoms. The molecule has 164 valence electrons. The van der Waals surface area contributed by atoms with E-state index in [-0.39, 0.29) is 34.2 Å². The summed E-state index contributed by atoms with van der Waals surface area (Å²) in [6.07, 6.45) is 1.54. The van der Waals surface area contributed by atoms with Gasteiger partial charge in [-0.2, -0.15) is 0 Å². The van der Waals surface area contributed by atoms with Crippen molar-refractivity contribution in [1.29, 1.82) is 0 Å². The number of methoxy groups -OCH3 is 2. The molecule has 0 aliphatic heterocycles. The molecule has 0 aliphatic rings. The summed E-state index contributed by atoms with van der Waals surface area (Å²) in [4.78, 5) is 12.6. The van der Waals surface area contributed by atoms with Crippen molar-refractivity contribution in [3.8, 4) is 11.5 Å². The van der Waals surface area contributed by atoms with Gasteiger partial charge in [0, 0.05) is 17.6 Å². The van der Waals surface area contributed by atoms with Crippen LogP contribution in [-0.4, -0.2) is 40.6 Å². The summed E-state index contributed by atoms with van der Waals surface area (Å²) in [7, 11) is -0.784. The molecular formula is C22H30N2O5S. The molecule has 0 heterocycles. The predicted molar refractivity (Wildman–Crippen MR) is 117 cm³/mol. The molecule has 2 aromatic carbocycles. The Hall–Kier alpha value is -2.58. The Labute approximate surface area is 178 Å². The molecule has 0 radical (unpaired) electrons. The minimum absolute atomic E-state index is 0.0581. The Kier molecular flexibility index (Phi) is 8.25. The summed E-state index contributed by atoms with van der Waals surface area (Å²) in [5.74, 6) is 0.658. The second-order valence-electron chi connectivity index (χ2n) is 7.40. The van der Waals surface area contributed by atoms with E-state index in [1.165, 1.54) is 19.2 Å². The van der Waals surface area contributed by atoms with E-state index in [1.807, 2.05) is 31.2 Å². The normalized spacial score (nSPS) is 12.5. The highest BCUT2D eigenvalue weighted by Crippen LogP contribution is 2.25. The number of carbonyl (C=O) groups excluding carboxylic acids is 1. The molecule has 8 heteroatoms. The van der Waals surface area contributed by atoms with Crippen molar-refractivity contribution < 1.29 is 22.7 Å². The van der Waals surface area contributed by atoms with Crippen molar-refractivity contribution >= 4 is 15.9 Å². The van der Waals surface area contributed by atoms with Gasteiger partial charge in [0.25, 0.3) is 5.91 Å². The second kappa shape index (κ2) is 10.4. The topological polar surface area (TPSA) is 93.7 Å². The van der Waals surface area contributed by atoms with Gasteiger partial charge in [0.1, 0.15) is 16.4 Å². The van der Waals surface area contributed by atoms with Crippen molar-refractivity contribution in [2.45, 2.75) is 50.6 Å². The van der Waals surface area contributed by atoms with E-state index >= 15 is 0 Å². The van der Waals surface area contributed by atoms with Gasteiger partial charge in [0.05, 0.1) is 14.2 Å². The maximum atomic E-state index is 12.7. The van der Waals surface area contributed by atoms with Crippen LogP contribution in [0.25, 0.3) is 0 Å². The Morgan fingerprint density at radius 2 is 1.67 bits per heavy atom. The molecule has 2 rings (SSSR count). The Bertz CT molecular complexity index is 956. The molecule has 2 N–H and O–H groups in total. The van der Waals surface area contributed by atoms with Crippen LogP contribution in [0.2, 0.25) is 0 Å². The van der Waals surface area contributed by atoms with Gasteiger partial charge in [0.15, 0.2) is 0 Å². The third kappa shape index (κ3) is 6.47. The zero-order valence-electron chi connectivity index (χ0n) is 18.1. The number of sulfonamides is 1. The lowest BCUT2D eigenvalue weighted by atomic mass is 10.1. The fourth-order valence-electron chi connectivity index (χ4n) is 2.96. The summed E-state index contributed by atoms with van der Waals surface area (Å²) in [5, 5.41) is 2.93. The maximum absolute atomic E-state index is 12.7. The van der Waals surface area contributed by atoms with Crippen LogP contribution >= 0.6 is 0 Å². The Balaban J connectivity index is 2.07. The molecule has 0 fully saturated rings.